The largest absolute Gasteiger partial charge is 0.507 e. The van der Waals surface area contributed by atoms with Gasteiger partial charge in [0, 0.05) is 10.0 Å². The molecule has 0 heterocycles. The van der Waals surface area contributed by atoms with E-state index in [0.29, 0.717) is 10.0 Å². The van der Waals surface area contributed by atoms with Gasteiger partial charge in [0.05, 0.1) is 11.8 Å². The number of nitrogens with zero attached hydrogens (tertiary/aromatic N) is 1. The summed E-state index contributed by atoms with van der Waals surface area (Å²) in [6, 6.07) is 11.1. The highest BCUT2D eigenvalue weighted by molar-refractivity contribution is 9.10. The van der Waals surface area contributed by atoms with Crippen molar-refractivity contribution in [3.8, 4) is 11.5 Å². The first-order chi connectivity index (χ1) is 9.58. The molecule has 6 heteroatoms. The Morgan fingerprint density at radius 2 is 1.90 bits per heavy atom. The van der Waals surface area contributed by atoms with Crippen molar-refractivity contribution in [2.24, 2.45) is 5.10 Å². The molecule has 20 heavy (non-hydrogen) atoms. The molecule has 0 atom stereocenters. The van der Waals surface area contributed by atoms with E-state index in [-0.39, 0.29) is 17.1 Å². The van der Waals surface area contributed by atoms with Gasteiger partial charge in [0.15, 0.2) is 0 Å². The maximum absolute atomic E-state index is 11.8. The van der Waals surface area contributed by atoms with Crippen molar-refractivity contribution in [3.05, 3.63) is 58.1 Å². The number of benzene rings is 2. The van der Waals surface area contributed by atoms with Crippen LogP contribution in [0.1, 0.15) is 15.9 Å². The Hall–Kier alpha value is -2.34. The summed E-state index contributed by atoms with van der Waals surface area (Å²) in [6.07, 6.45) is 1.32. The molecular weight excluding hydrogens is 324 g/mol. The Kier molecular flexibility index (Phi) is 4.37. The van der Waals surface area contributed by atoms with Crippen LogP contribution >= 0.6 is 15.9 Å². The van der Waals surface area contributed by atoms with E-state index < -0.39 is 5.91 Å². The molecule has 0 saturated carbocycles. The first-order valence-electron chi connectivity index (χ1n) is 5.68. The Morgan fingerprint density at radius 3 is 2.60 bits per heavy atom. The van der Waals surface area contributed by atoms with Gasteiger partial charge < -0.3 is 10.2 Å². The Labute approximate surface area is 123 Å². The lowest BCUT2D eigenvalue weighted by Gasteiger charge is -2.03. The maximum Gasteiger partial charge on any atom is 0.275 e. The maximum atomic E-state index is 11.8. The number of carbonyl (C=O) groups is 1. The van der Waals surface area contributed by atoms with Gasteiger partial charge in [-0.2, -0.15) is 5.10 Å². The van der Waals surface area contributed by atoms with E-state index in [4.69, 9.17) is 0 Å². The van der Waals surface area contributed by atoms with Crippen molar-refractivity contribution < 1.29 is 15.0 Å². The van der Waals surface area contributed by atoms with Crippen molar-refractivity contribution in [3.63, 3.8) is 0 Å². The van der Waals surface area contributed by atoms with Gasteiger partial charge in [-0.3, -0.25) is 4.79 Å². The van der Waals surface area contributed by atoms with E-state index >= 15 is 0 Å². The Morgan fingerprint density at radius 1 is 1.15 bits per heavy atom. The van der Waals surface area contributed by atoms with Crippen molar-refractivity contribution >= 4 is 28.1 Å². The number of phenolic OH excluding ortho intramolecular Hbond substituents is 2. The highest BCUT2D eigenvalue weighted by atomic mass is 79.9. The Balaban J connectivity index is 2.07. The lowest BCUT2D eigenvalue weighted by atomic mass is 10.2. The zero-order valence-electron chi connectivity index (χ0n) is 10.2. The molecule has 102 valence electrons. The first kappa shape index (κ1) is 14.1. The van der Waals surface area contributed by atoms with Crippen LogP contribution in [-0.4, -0.2) is 22.3 Å². The van der Waals surface area contributed by atoms with Gasteiger partial charge in [0.25, 0.3) is 5.91 Å². The number of hydrogen-bond donors (Lipinski definition) is 3. The molecular formula is C14H11BrN2O3. The predicted molar refractivity (Wildman–Crippen MR) is 79.0 cm³/mol. The number of para-hydroxylation sites is 1. The zero-order valence-corrected chi connectivity index (χ0v) is 11.8. The second kappa shape index (κ2) is 6.21. The SMILES string of the molecule is O=C(N/N=C/c1ccccc1O)c1ccc(Br)cc1O. The number of halogens is 1. The summed E-state index contributed by atoms with van der Waals surface area (Å²) in [5.74, 6) is -0.617. The van der Waals surface area contributed by atoms with Gasteiger partial charge >= 0.3 is 0 Å². The number of hydrazone groups is 1. The molecule has 0 aliphatic carbocycles. The number of rotatable bonds is 3. The van der Waals surface area contributed by atoms with Gasteiger partial charge in [-0.15, -0.1) is 0 Å². The lowest BCUT2D eigenvalue weighted by Crippen LogP contribution is -2.17. The molecule has 0 spiro atoms. The molecule has 0 fully saturated rings. The standard InChI is InChI=1S/C14H11BrN2O3/c15-10-5-6-11(13(19)7-10)14(20)17-16-8-9-3-1-2-4-12(9)18/h1-8,18-19H,(H,17,20)/b16-8+. The quantitative estimate of drug-likeness (QED) is 0.596. The average Bonchev–Trinajstić information content (AvgIpc) is 2.40. The number of amides is 1. The molecule has 2 rings (SSSR count). The van der Waals surface area contributed by atoms with E-state index in [1.165, 1.54) is 24.4 Å². The van der Waals surface area contributed by atoms with E-state index in [1.807, 2.05) is 0 Å². The summed E-state index contributed by atoms with van der Waals surface area (Å²) in [5, 5.41) is 22.9. The fourth-order valence-corrected chi connectivity index (χ4v) is 1.86. The highest BCUT2D eigenvalue weighted by Gasteiger charge is 2.10. The second-order valence-corrected chi connectivity index (χ2v) is 4.84. The van der Waals surface area contributed by atoms with Crippen LogP contribution in [0.2, 0.25) is 0 Å². The first-order valence-corrected chi connectivity index (χ1v) is 6.47. The molecule has 1 amide bonds. The number of aromatic hydroxyl groups is 2. The van der Waals surface area contributed by atoms with Crippen LogP contribution in [0, 0.1) is 0 Å². The highest BCUT2D eigenvalue weighted by Crippen LogP contribution is 2.22. The van der Waals surface area contributed by atoms with Gasteiger partial charge in [0.2, 0.25) is 0 Å². The van der Waals surface area contributed by atoms with Crippen LogP contribution < -0.4 is 5.43 Å². The lowest BCUT2D eigenvalue weighted by molar-refractivity contribution is 0.0952. The summed E-state index contributed by atoms with van der Waals surface area (Å²) in [4.78, 5) is 11.8. The van der Waals surface area contributed by atoms with Gasteiger partial charge in [-0.1, -0.05) is 28.1 Å². The molecule has 2 aromatic rings. The van der Waals surface area contributed by atoms with Gasteiger partial charge in [-0.05, 0) is 30.3 Å². The number of nitrogens with one attached hydrogen (secondary N) is 1. The van der Waals surface area contributed by atoms with E-state index in [2.05, 4.69) is 26.5 Å². The van der Waals surface area contributed by atoms with Crippen LogP contribution in [0.3, 0.4) is 0 Å². The van der Waals surface area contributed by atoms with E-state index in [9.17, 15) is 15.0 Å². The number of carbonyl (C=O) groups excluding carboxylic acids is 1. The molecule has 0 radical (unpaired) electrons. The topological polar surface area (TPSA) is 81.9 Å². The molecule has 5 nitrogen and oxygen atoms in total. The summed E-state index contributed by atoms with van der Waals surface area (Å²) in [6.45, 7) is 0. The van der Waals surface area contributed by atoms with Crippen LogP contribution in [-0.2, 0) is 0 Å². The Bertz CT molecular complexity index is 671. The summed E-state index contributed by atoms with van der Waals surface area (Å²) < 4.78 is 0.671. The monoisotopic (exact) mass is 334 g/mol. The van der Waals surface area contributed by atoms with Crippen LogP contribution in [0.25, 0.3) is 0 Å². The molecule has 3 N–H and O–H groups in total. The number of hydrogen-bond acceptors (Lipinski definition) is 4. The minimum absolute atomic E-state index is 0.0667. The van der Waals surface area contributed by atoms with Crippen LogP contribution in [0.5, 0.6) is 11.5 Å². The predicted octanol–water partition coefficient (Wildman–Crippen LogP) is 2.62. The number of phenols is 2. The van der Waals surface area contributed by atoms with Gasteiger partial charge in [0.1, 0.15) is 11.5 Å². The molecule has 0 bridgehead atoms. The summed E-state index contributed by atoms with van der Waals surface area (Å²) in [5.41, 5.74) is 2.87. The molecule has 0 aromatic heterocycles. The third-order valence-corrected chi connectivity index (χ3v) is 3.00. The minimum Gasteiger partial charge on any atom is -0.507 e. The van der Waals surface area contributed by atoms with Crippen LogP contribution in [0.4, 0.5) is 0 Å². The molecule has 0 saturated heterocycles. The molecule has 0 unspecified atom stereocenters. The molecule has 0 aliphatic rings. The minimum atomic E-state index is -0.540. The zero-order chi connectivity index (χ0) is 14.5. The fourth-order valence-electron chi connectivity index (χ4n) is 1.51. The summed E-state index contributed by atoms with van der Waals surface area (Å²) in [7, 11) is 0. The van der Waals surface area contributed by atoms with Crippen molar-refractivity contribution in [2.45, 2.75) is 0 Å². The third kappa shape index (κ3) is 3.36. The van der Waals surface area contributed by atoms with E-state index in [1.54, 1.807) is 24.3 Å². The molecule has 2 aromatic carbocycles. The van der Waals surface area contributed by atoms with Crippen molar-refractivity contribution in [1.29, 1.82) is 0 Å². The average molecular weight is 335 g/mol. The van der Waals surface area contributed by atoms with Crippen molar-refractivity contribution in [2.75, 3.05) is 0 Å². The second-order valence-electron chi connectivity index (χ2n) is 3.92. The van der Waals surface area contributed by atoms with Crippen molar-refractivity contribution in [1.82, 2.24) is 5.43 Å². The fraction of sp³-hybridized carbons (Fsp3) is 0. The molecule has 0 aliphatic heterocycles. The van der Waals surface area contributed by atoms with Gasteiger partial charge in [-0.25, -0.2) is 5.43 Å². The smallest absolute Gasteiger partial charge is 0.275 e. The normalized spacial score (nSPS) is 10.7. The van der Waals surface area contributed by atoms with Crippen LogP contribution in [0.15, 0.2) is 52.0 Å². The van der Waals surface area contributed by atoms with E-state index in [0.717, 1.165) is 0 Å². The third-order valence-electron chi connectivity index (χ3n) is 2.51. The summed E-state index contributed by atoms with van der Waals surface area (Å²) >= 11 is 3.19.